The van der Waals surface area contributed by atoms with Crippen LogP contribution in [0.25, 0.3) is 0 Å². The average Bonchev–Trinajstić information content (AvgIpc) is 3.22. The van der Waals surface area contributed by atoms with Crippen molar-refractivity contribution in [3.05, 3.63) is 53.7 Å². The van der Waals surface area contributed by atoms with Crippen molar-refractivity contribution < 1.29 is 27.2 Å². The van der Waals surface area contributed by atoms with E-state index < -0.39 is 29.3 Å². The Kier molecular flexibility index (Phi) is 4.28. The second kappa shape index (κ2) is 6.38. The molecule has 1 aliphatic rings. The third-order valence-electron chi connectivity index (χ3n) is 3.86. The van der Waals surface area contributed by atoms with E-state index in [-0.39, 0.29) is 11.6 Å². The molecule has 2 amide bonds. The highest BCUT2D eigenvalue weighted by Crippen LogP contribution is 2.27. The number of amides is 2. The first-order chi connectivity index (χ1) is 11.5. The minimum atomic E-state index is -1.64. The van der Waals surface area contributed by atoms with Gasteiger partial charge in [-0.15, -0.1) is 0 Å². The van der Waals surface area contributed by atoms with Crippen molar-refractivity contribution in [1.29, 1.82) is 0 Å². The van der Waals surface area contributed by atoms with Gasteiger partial charge in [0.15, 0.2) is 17.5 Å². The van der Waals surface area contributed by atoms with E-state index in [9.17, 15) is 22.8 Å². The molecular formula is C16H13F3N2O3. The van der Waals surface area contributed by atoms with Gasteiger partial charge < -0.3 is 14.6 Å². The third-order valence-corrected chi connectivity index (χ3v) is 3.86. The van der Waals surface area contributed by atoms with Crippen LogP contribution < -0.4 is 5.32 Å². The summed E-state index contributed by atoms with van der Waals surface area (Å²) in [6.07, 6.45) is 2.18. The Morgan fingerprint density at radius 2 is 1.92 bits per heavy atom. The van der Waals surface area contributed by atoms with E-state index in [0.717, 1.165) is 5.76 Å². The molecule has 2 heterocycles. The molecule has 0 bridgehead atoms. The van der Waals surface area contributed by atoms with Crippen molar-refractivity contribution in [2.75, 3.05) is 18.4 Å². The molecule has 1 saturated heterocycles. The number of hydrogen-bond acceptors (Lipinski definition) is 3. The van der Waals surface area contributed by atoms with Crippen LogP contribution in [-0.4, -0.2) is 29.8 Å². The van der Waals surface area contributed by atoms with Crippen LogP contribution in [0.15, 0.2) is 34.9 Å². The highest BCUT2D eigenvalue weighted by Gasteiger charge is 2.32. The lowest BCUT2D eigenvalue weighted by Gasteiger charge is -2.15. The van der Waals surface area contributed by atoms with Crippen LogP contribution in [0.1, 0.15) is 18.1 Å². The van der Waals surface area contributed by atoms with Gasteiger partial charge in [-0.2, -0.15) is 0 Å². The maximum Gasteiger partial charge on any atom is 0.313 e. The standard InChI is InChI=1S/C16H13F3N2O3/c17-11-6-10(7-12(18)14(11)19)20-15(22)16(23)21-4-3-9(8-21)13-2-1-5-24-13/h1-2,5-7,9H,3-4,8H2,(H,20,22)/t9-/m0/s1. The zero-order valence-electron chi connectivity index (χ0n) is 12.4. The number of anilines is 1. The number of halogens is 3. The molecule has 0 radical (unpaired) electrons. The smallest absolute Gasteiger partial charge is 0.313 e. The summed E-state index contributed by atoms with van der Waals surface area (Å²) in [6, 6.07) is 4.76. The number of nitrogens with zero attached hydrogens (tertiary/aromatic N) is 1. The Bertz CT molecular complexity index is 754. The van der Waals surface area contributed by atoms with Gasteiger partial charge in [-0.05, 0) is 18.6 Å². The fourth-order valence-electron chi connectivity index (χ4n) is 2.66. The summed E-state index contributed by atoms with van der Waals surface area (Å²) < 4.78 is 44.4. The Hall–Kier alpha value is -2.77. The van der Waals surface area contributed by atoms with Gasteiger partial charge in [-0.3, -0.25) is 9.59 Å². The lowest BCUT2D eigenvalue weighted by molar-refractivity contribution is -0.142. The molecule has 3 rings (SSSR count). The van der Waals surface area contributed by atoms with Crippen LogP contribution in [0.3, 0.4) is 0 Å². The van der Waals surface area contributed by atoms with Gasteiger partial charge in [-0.25, -0.2) is 13.2 Å². The second-order valence-electron chi connectivity index (χ2n) is 5.46. The Morgan fingerprint density at radius 3 is 2.54 bits per heavy atom. The fraction of sp³-hybridized carbons (Fsp3) is 0.250. The minimum absolute atomic E-state index is 0.00235. The molecule has 1 fully saturated rings. The molecule has 0 spiro atoms. The third kappa shape index (κ3) is 3.12. The summed E-state index contributed by atoms with van der Waals surface area (Å²) in [4.78, 5) is 25.4. The molecule has 8 heteroatoms. The molecule has 2 aromatic rings. The van der Waals surface area contributed by atoms with Crippen LogP contribution in [0, 0.1) is 17.5 Å². The molecule has 0 saturated carbocycles. The van der Waals surface area contributed by atoms with E-state index in [2.05, 4.69) is 5.32 Å². The van der Waals surface area contributed by atoms with Gasteiger partial charge >= 0.3 is 11.8 Å². The second-order valence-corrected chi connectivity index (χ2v) is 5.46. The highest BCUT2D eigenvalue weighted by molar-refractivity contribution is 6.39. The van der Waals surface area contributed by atoms with Crippen LogP contribution in [-0.2, 0) is 9.59 Å². The van der Waals surface area contributed by atoms with Gasteiger partial charge in [-0.1, -0.05) is 0 Å². The monoisotopic (exact) mass is 338 g/mol. The van der Waals surface area contributed by atoms with Crippen molar-refractivity contribution in [2.45, 2.75) is 12.3 Å². The molecule has 1 atom stereocenters. The Morgan fingerprint density at radius 1 is 1.21 bits per heavy atom. The molecule has 1 aromatic heterocycles. The van der Waals surface area contributed by atoms with Crippen LogP contribution in [0.2, 0.25) is 0 Å². The summed E-state index contributed by atoms with van der Waals surface area (Å²) >= 11 is 0. The lowest BCUT2D eigenvalue weighted by atomic mass is 10.1. The van der Waals surface area contributed by atoms with E-state index in [1.165, 1.54) is 11.2 Å². The van der Waals surface area contributed by atoms with Crippen LogP contribution in [0.5, 0.6) is 0 Å². The minimum Gasteiger partial charge on any atom is -0.469 e. The van der Waals surface area contributed by atoms with Crippen LogP contribution in [0.4, 0.5) is 18.9 Å². The van der Waals surface area contributed by atoms with E-state index >= 15 is 0 Å². The van der Waals surface area contributed by atoms with Gasteiger partial charge in [0.1, 0.15) is 5.76 Å². The van der Waals surface area contributed by atoms with Gasteiger partial charge in [0.05, 0.1) is 6.26 Å². The number of furan rings is 1. The SMILES string of the molecule is O=C(Nc1cc(F)c(F)c(F)c1)C(=O)N1CC[C@H](c2ccco2)C1. The zero-order chi connectivity index (χ0) is 17.3. The largest absolute Gasteiger partial charge is 0.469 e. The number of likely N-dealkylation sites (tertiary alicyclic amines) is 1. The number of carbonyl (C=O) groups excluding carboxylic acids is 2. The number of hydrogen-bond donors (Lipinski definition) is 1. The van der Waals surface area contributed by atoms with Crippen molar-refractivity contribution in [2.24, 2.45) is 0 Å². The summed E-state index contributed by atoms with van der Waals surface area (Å²) in [5.41, 5.74) is -0.327. The quantitative estimate of drug-likeness (QED) is 0.676. The number of nitrogens with one attached hydrogen (secondary N) is 1. The molecule has 24 heavy (non-hydrogen) atoms. The predicted molar refractivity (Wildman–Crippen MR) is 77.6 cm³/mol. The maximum atomic E-state index is 13.1. The van der Waals surface area contributed by atoms with Crippen molar-refractivity contribution in [3.8, 4) is 0 Å². The number of rotatable bonds is 2. The topological polar surface area (TPSA) is 62.6 Å². The first-order valence-electron chi connectivity index (χ1n) is 7.24. The summed E-state index contributed by atoms with van der Waals surface area (Å²) in [6.45, 7) is 0.676. The van der Waals surface area contributed by atoms with Crippen molar-refractivity contribution in [1.82, 2.24) is 4.90 Å². The molecule has 1 N–H and O–H groups in total. The Labute approximate surface area is 135 Å². The maximum absolute atomic E-state index is 13.1. The molecule has 0 unspecified atom stereocenters. The van der Waals surface area contributed by atoms with E-state index in [1.54, 1.807) is 12.1 Å². The predicted octanol–water partition coefficient (Wildman–Crippen LogP) is 2.65. The number of benzene rings is 1. The molecule has 0 aliphatic carbocycles. The highest BCUT2D eigenvalue weighted by atomic mass is 19.2. The lowest BCUT2D eigenvalue weighted by Crippen LogP contribution is -2.38. The van der Waals surface area contributed by atoms with Gasteiger partial charge in [0, 0.05) is 36.8 Å². The van der Waals surface area contributed by atoms with Crippen molar-refractivity contribution in [3.63, 3.8) is 0 Å². The Balaban J connectivity index is 1.64. The van der Waals surface area contributed by atoms with E-state index in [4.69, 9.17) is 4.42 Å². The van der Waals surface area contributed by atoms with Gasteiger partial charge in [0.25, 0.3) is 0 Å². The van der Waals surface area contributed by atoms with Gasteiger partial charge in [0.2, 0.25) is 0 Å². The molecule has 1 aliphatic heterocycles. The average molecular weight is 338 g/mol. The first kappa shape index (κ1) is 16.1. The fourth-order valence-corrected chi connectivity index (χ4v) is 2.66. The first-order valence-corrected chi connectivity index (χ1v) is 7.24. The summed E-state index contributed by atoms with van der Waals surface area (Å²) in [5, 5.41) is 2.08. The van der Waals surface area contributed by atoms with Crippen LogP contribution >= 0.6 is 0 Å². The summed E-state index contributed by atoms with van der Waals surface area (Å²) in [7, 11) is 0. The zero-order valence-corrected chi connectivity index (χ0v) is 12.4. The van der Waals surface area contributed by atoms with Crippen molar-refractivity contribution >= 4 is 17.5 Å². The molecular weight excluding hydrogens is 325 g/mol. The van der Waals surface area contributed by atoms with E-state index in [0.29, 0.717) is 31.6 Å². The molecule has 126 valence electrons. The molecule has 1 aromatic carbocycles. The summed E-state index contributed by atoms with van der Waals surface area (Å²) in [5.74, 6) is -5.67. The molecule has 5 nitrogen and oxygen atoms in total. The normalized spacial score (nSPS) is 17.1. The van der Waals surface area contributed by atoms with E-state index in [1.807, 2.05) is 0 Å². The number of carbonyl (C=O) groups is 2.